The van der Waals surface area contributed by atoms with Gasteiger partial charge in [-0.3, -0.25) is 9.78 Å². The molecule has 0 amide bonds. The van der Waals surface area contributed by atoms with Gasteiger partial charge in [0, 0.05) is 49.1 Å². The van der Waals surface area contributed by atoms with Gasteiger partial charge in [-0.1, -0.05) is 23.9 Å². The molecular formula is C25H27FN2O4S. The molecule has 1 N–H and O–H groups in total. The fourth-order valence-electron chi connectivity index (χ4n) is 3.09. The van der Waals surface area contributed by atoms with Crippen LogP contribution in [-0.4, -0.2) is 36.6 Å². The van der Waals surface area contributed by atoms with Crippen LogP contribution in [0.25, 0.3) is 10.9 Å². The average molecular weight is 471 g/mol. The molecule has 2 aromatic carbocycles. The van der Waals surface area contributed by atoms with Gasteiger partial charge in [0.1, 0.15) is 5.75 Å². The third kappa shape index (κ3) is 6.86. The van der Waals surface area contributed by atoms with E-state index in [4.69, 9.17) is 14.2 Å². The summed E-state index contributed by atoms with van der Waals surface area (Å²) in [6, 6.07) is 9.95. The second kappa shape index (κ2) is 12.1. The van der Waals surface area contributed by atoms with Gasteiger partial charge in [0.15, 0.2) is 28.2 Å². The number of ether oxygens (including phenoxy) is 3. The highest BCUT2D eigenvalue weighted by Crippen LogP contribution is 2.37. The molecule has 0 spiro atoms. The number of rotatable bonds is 11. The number of carbonyl (C=O) groups excluding carboxylic acids is 1. The lowest BCUT2D eigenvalue weighted by Crippen LogP contribution is -1.99. The molecule has 6 nitrogen and oxygen atoms in total. The lowest BCUT2D eigenvalue weighted by molar-refractivity contribution is -0.109. The quantitative estimate of drug-likeness (QED) is 0.264. The van der Waals surface area contributed by atoms with E-state index in [1.165, 1.54) is 17.8 Å². The number of halogens is 1. The van der Waals surface area contributed by atoms with Crippen molar-refractivity contribution in [2.45, 2.75) is 19.8 Å². The molecule has 174 valence electrons. The Morgan fingerprint density at radius 3 is 2.64 bits per heavy atom. The van der Waals surface area contributed by atoms with Crippen LogP contribution in [-0.2, 0) is 4.79 Å². The molecule has 8 heteroatoms. The largest absolute Gasteiger partial charge is 0.493 e. The Hall–Kier alpha value is -3.26. The van der Waals surface area contributed by atoms with Crippen molar-refractivity contribution in [2.24, 2.45) is 0 Å². The highest BCUT2D eigenvalue weighted by atomic mass is 32.2. The first-order chi connectivity index (χ1) is 16.0. The molecule has 0 atom stereocenters. The maximum Gasteiger partial charge on any atom is 0.185 e. The Balaban J connectivity index is 1.70. The van der Waals surface area contributed by atoms with Crippen LogP contribution in [0.2, 0.25) is 0 Å². The lowest BCUT2D eigenvalue weighted by Gasteiger charge is -2.14. The molecule has 1 heterocycles. The van der Waals surface area contributed by atoms with Crippen LogP contribution in [0.3, 0.4) is 0 Å². The number of methoxy groups -OCH3 is 1. The van der Waals surface area contributed by atoms with Crippen molar-refractivity contribution in [3.63, 3.8) is 0 Å². The van der Waals surface area contributed by atoms with Crippen molar-refractivity contribution < 1.29 is 23.4 Å². The summed E-state index contributed by atoms with van der Waals surface area (Å²) in [5.74, 6) is 2.01. The van der Waals surface area contributed by atoms with Crippen LogP contribution in [0.5, 0.6) is 23.0 Å². The van der Waals surface area contributed by atoms with E-state index in [9.17, 15) is 9.18 Å². The molecule has 3 aromatic rings. The minimum atomic E-state index is -0.466. The van der Waals surface area contributed by atoms with E-state index < -0.39 is 5.82 Å². The maximum atomic E-state index is 14.4. The number of allylic oxidation sites excluding steroid dienone is 1. The molecule has 0 saturated carbocycles. The summed E-state index contributed by atoms with van der Waals surface area (Å²) in [6.45, 7) is 2.04. The van der Waals surface area contributed by atoms with Crippen LogP contribution in [0.4, 0.5) is 10.1 Å². The fraction of sp³-hybridized carbons (Fsp3) is 0.280. The van der Waals surface area contributed by atoms with E-state index in [0.717, 1.165) is 18.6 Å². The van der Waals surface area contributed by atoms with Crippen molar-refractivity contribution in [1.82, 2.24) is 4.98 Å². The molecule has 0 aliphatic rings. The van der Waals surface area contributed by atoms with E-state index in [1.807, 2.05) is 12.2 Å². The summed E-state index contributed by atoms with van der Waals surface area (Å²) in [5.41, 5.74) is 1.31. The molecule has 0 aliphatic carbocycles. The van der Waals surface area contributed by atoms with Gasteiger partial charge in [0.25, 0.3) is 0 Å². The summed E-state index contributed by atoms with van der Waals surface area (Å²) in [6.07, 6.45) is 7.26. The second-order valence-electron chi connectivity index (χ2n) is 7.06. The molecule has 0 bridgehead atoms. The Bertz CT molecular complexity index is 1140. The van der Waals surface area contributed by atoms with Crippen molar-refractivity contribution in [3.8, 4) is 23.0 Å². The minimum Gasteiger partial charge on any atom is -0.493 e. The van der Waals surface area contributed by atoms with Gasteiger partial charge in [0.05, 0.1) is 19.2 Å². The maximum absolute atomic E-state index is 14.4. The molecular weight excluding hydrogens is 443 g/mol. The van der Waals surface area contributed by atoms with E-state index >= 15 is 0 Å². The predicted molar refractivity (Wildman–Crippen MR) is 131 cm³/mol. The van der Waals surface area contributed by atoms with Gasteiger partial charge < -0.3 is 19.5 Å². The van der Waals surface area contributed by atoms with Gasteiger partial charge in [0.2, 0.25) is 0 Å². The first kappa shape index (κ1) is 24.4. The van der Waals surface area contributed by atoms with Crippen LogP contribution < -0.4 is 19.5 Å². The summed E-state index contributed by atoms with van der Waals surface area (Å²) in [5, 5.41) is 3.71. The number of pyridine rings is 1. The topological polar surface area (TPSA) is 69.7 Å². The van der Waals surface area contributed by atoms with Gasteiger partial charge in [-0.2, -0.15) is 0 Å². The molecule has 0 aliphatic heterocycles. The number of hydrogen-bond donors (Lipinski definition) is 1. The zero-order chi connectivity index (χ0) is 23.6. The summed E-state index contributed by atoms with van der Waals surface area (Å²) < 4.78 is 31.6. The smallest absolute Gasteiger partial charge is 0.185 e. The van der Waals surface area contributed by atoms with Gasteiger partial charge in [-0.05, 0) is 37.1 Å². The van der Waals surface area contributed by atoms with Crippen LogP contribution >= 0.6 is 11.8 Å². The number of anilines is 1. The summed E-state index contributed by atoms with van der Waals surface area (Å²) in [7, 11) is 3.29. The predicted octanol–water partition coefficient (Wildman–Crippen LogP) is 6.21. The zero-order valence-corrected chi connectivity index (χ0v) is 19.7. The Kier molecular flexibility index (Phi) is 8.95. The number of thioether (sulfide) groups is 1. The molecule has 0 unspecified atom stereocenters. The standard InChI is InChI=1S/C25H27FN2O4S/c1-17(29)33-13-7-5-4-6-12-31-25-16-21-19(15-24(25)30-3)22(10-11-28-21)32-23-9-8-18(27-2)14-20(23)26/h4-5,8-11,14-16,27H,6-7,12-13H2,1-3H3/b5-4+. The number of benzene rings is 2. The number of nitrogens with zero attached hydrogens (tertiary/aromatic N) is 1. The molecule has 0 saturated heterocycles. The van der Waals surface area contributed by atoms with Crippen molar-refractivity contribution >= 4 is 33.5 Å². The van der Waals surface area contributed by atoms with Crippen LogP contribution in [0.1, 0.15) is 19.8 Å². The first-order valence-corrected chi connectivity index (χ1v) is 11.5. The Morgan fingerprint density at radius 1 is 1.09 bits per heavy atom. The summed E-state index contributed by atoms with van der Waals surface area (Å²) in [4.78, 5) is 15.3. The third-order valence-electron chi connectivity index (χ3n) is 4.73. The van der Waals surface area contributed by atoms with Gasteiger partial charge in [-0.15, -0.1) is 0 Å². The first-order valence-electron chi connectivity index (χ1n) is 10.5. The van der Waals surface area contributed by atoms with E-state index in [2.05, 4.69) is 10.3 Å². The Morgan fingerprint density at radius 2 is 1.91 bits per heavy atom. The van der Waals surface area contributed by atoms with Crippen molar-refractivity contribution in [2.75, 3.05) is 31.8 Å². The van der Waals surface area contributed by atoms with Gasteiger partial charge >= 0.3 is 0 Å². The van der Waals surface area contributed by atoms with E-state index in [1.54, 1.807) is 57.6 Å². The molecule has 3 rings (SSSR count). The minimum absolute atomic E-state index is 0.120. The molecule has 0 radical (unpaired) electrons. The molecule has 33 heavy (non-hydrogen) atoms. The van der Waals surface area contributed by atoms with E-state index in [0.29, 0.717) is 40.4 Å². The highest BCUT2D eigenvalue weighted by molar-refractivity contribution is 8.13. The lowest BCUT2D eigenvalue weighted by atomic mass is 10.1. The highest BCUT2D eigenvalue weighted by Gasteiger charge is 2.13. The average Bonchev–Trinajstić information content (AvgIpc) is 2.81. The number of fused-ring (bicyclic) bond motifs is 1. The fourth-order valence-corrected chi connectivity index (χ4v) is 3.63. The van der Waals surface area contributed by atoms with Crippen LogP contribution in [0.15, 0.2) is 54.7 Å². The van der Waals surface area contributed by atoms with Crippen LogP contribution in [0, 0.1) is 5.82 Å². The summed E-state index contributed by atoms with van der Waals surface area (Å²) >= 11 is 1.32. The number of nitrogens with one attached hydrogen (secondary N) is 1. The molecule has 0 fully saturated rings. The zero-order valence-electron chi connectivity index (χ0n) is 18.9. The monoisotopic (exact) mass is 470 g/mol. The number of hydrogen-bond acceptors (Lipinski definition) is 7. The number of carbonyl (C=O) groups is 1. The second-order valence-corrected chi connectivity index (χ2v) is 8.34. The SMILES string of the molecule is CNc1ccc(Oc2ccnc3cc(OCC/C=C/CCSC(C)=O)c(OC)cc23)c(F)c1. The van der Waals surface area contributed by atoms with Crippen molar-refractivity contribution in [1.29, 1.82) is 0 Å². The third-order valence-corrected chi connectivity index (χ3v) is 5.57. The van der Waals surface area contributed by atoms with E-state index in [-0.39, 0.29) is 10.9 Å². The van der Waals surface area contributed by atoms with Crippen molar-refractivity contribution in [3.05, 3.63) is 60.6 Å². The normalized spacial score (nSPS) is 11.0. The number of aromatic nitrogens is 1. The Labute approximate surface area is 197 Å². The van der Waals surface area contributed by atoms with Gasteiger partial charge in [-0.25, -0.2) is 4.39 Å². The molecule has 1 aromatic heterocycles.